The highest BCUT2D eigenvalue weighted by molar-refractivity contribution is 5.85. The van der Waals surface area contributed by atoms with Gasteiger partial charge in [0.1, 0.15) is 29.2 Å². The summed E-state index contributed by atoms with van der Waals surface area (Å²) in [5, 5.41) is 12.5. The van der Waals surface area contributed by atoms with Gasteiger partial charge in [0.2, 0.25) is 5.91 Å². The first-order chi connectivity index (χ1) is 21.6. The summed E-state index contributed by atoms with van der Waals surface area (Å²) in [4.78, 5) is 40.2. The van der Waals surface area contributed by atoms with E-state index >= 15 is 8.78 Å². The fourth-order valence-electron chi connectivity index (χ4n) is 5.84. The van der Waals surface area contributed by atoms with Crippen LogP contribution in [0, 0.1) is 25.5 Å². The van der Waals surface area contributed by atoms with Gasteiger partial charge in [-0.05, 0) is 84.6 Å². The summed E-state index contributed by atoms with van der Waals surface area (Å²) in [7, 11) is 0. The van der Waals surface area contributed by atoms with Gasteiger partial charge >= 0.3 is 5.97 Å². The van der Waals surface area contributed by atoms with Crippen LogP contribution in [0.25, 0.3) is 22.3 Å². The average molecular weight is 607 g/mol. The van der Waals surface area contributed by atoms with Gasteiger partial charge < -0.3 is 15.2 Å². The summed E-state index contributed by atoms with van der Waals surface area (Å²) in [5.74, 6) is -3.10. The smallest absolute Gasteiger partial charge is 0.305 e. The third-order valence-electron chi connectivity index (χ3n) is 7.95. The summed E-state index contributed by atoms with van der Waals surface area (Å²) in [6.07, 6.45) is 0.692. The molecule has 4 bridgehead atoms. The quantitative estimate of drug-likeness (QED) is 0.227. The Morgan fingerprint density at radius 1 is 0.867 bits per heavy atom. The molecule has 0 saturated carbocycles. The van der Waals surface area contributed by atoms with Crippen molar-refractivity contribution in [2.24, 2.45) is 0 Å². The fraction of sp³-hybridized carbons (Fsp3) is 0.139. The Bertz CT molecular complexity index is 2020. The van der Waals surface area contributed by atoms with Gasteiger partial charge in [0.15, 0.2) is 0 Å². The molecule has 0 aliphatic carbocycles. The number of hydrogen-bond acceptors (Lipinski definition) is 4. The molecule has 0 radical (unpaired) electrons. The van der Waals surface area contributed by atoms with E-state index in [2.05, 4.69) is 5.32 Å². The number of carbonyl (C=O) groups excluding carboxylic acids is 1. The van der Waals surface area contributed by atoms with Crippen molar-refractivity contribution in [3.05, 3.63) is 141 Å². The van der Waals surface area contributed by atoms with E-state index in [4.69, 9.17) is 4.74 Å². The van der Waals surface area contributed by atoms with Crippen LogP contribution in [0.5, 0.6) is 11.5 Å². The van der Waals surface area contributed by atoms with Crippen molar-refractivity contribution in [2.75, 3.05) is 0 Å². The topological polar surface area (TPSA) is 97.6 Å². The highest BCUT2D eigenvalue weighted by Gasteiger charge is 2.32. The number of carbonyl (C=O) groups is 2. The van der Waals surface area contributed by atoms with E-state index in [0.717, 1.165) is 16.2 Å². The number of ether oxygens (including phenoxy) is 1. The van der Waals surface area contributed by atoms with Crippen molar-refractivity contribution in [1.29, 1.82) is 0 Å². The molecule has 4 aromatic carbocycles. The first-order valence-electron chi connectivity index (χ1n) is 14.3. The number of carboxylic acid groups (broad SMARTS) is 1. The van der Waals surface area contributed by atoms with Gasteiger partial charge in [-0.1, -0.05) is 42.5 Å². The number of aliphatic carboxylic acids is 1. The third kappa shape index (κ3) is 5.60. The molecule has 1 aromatic heterocycles. The number of aromatic nitrogens is 1. The summed E-state index contributed by atoms with van der Waals surface area (Å²) >= 11 is 0. The molecule has 226 valence electrons. The number of nitrogens with one attached hydrogen (secondary N) is 1. The van der Waals surface area contributed by atoms with Crippen molar-refractivity contribution in [3.8, 4) is 33.8 Å². The molecule has 0 fully saturated rings. The number of carboxylic acids is 1. The van der Waals surface area contributed by atoms with Crippen LogP contribution in [0.1, 0.15) is 40.8 Å². The number of amides is 1. The van der Waals surface area contributed by atoms with Gasteiger partial charge in [-0.3, -0.25) is 19.0 Å². The molecule has 9 heteroatoms. The predicted molar refractivity (Wildman–Crippen MR) is 165 cm³/mol. The standard InChI is InChI=1S/C36H28F2N2O5/c1-20-8-6-12-30-32(20)23-16-21(2)33(38)27(17-23)29(19-31(41)42)39-35(43)34(26-18-24(45-30)13-14-28(26)37)40-15-7-11-25(36(40)44)22-9-4-3-5-10-22/h3-18,29,34H,19H2,1-2H3,(H,39,43)(H,41,42)/t29-,34+/m0/s1. The van der Waals surface area contributed by atoms with Gasteiger partial charge in [-0.15, -0.1) is 0 Å². The van der Waals surface area contributed by atoms with Crippen LogP contribution in [-0.2, 0) is 9.59 Å². The Labute approximate surface area is 257 Å². The van der Waals surface area contributed by atoms with Gasteiger partial charge in [0.05, 0.1) is 12.5 Å². The Hall–Kier alpha value is -5.57. The number of pyridine rings is 1. The van der Waals surface area contributed by atoms with Crippen LogP contribution in [-0.4, -0.2) is 21.6 Å². The SMILES string of the molecule is Cc1cc2cc(c1F)[C@H](CC(=O)O)NC(=O)[C@H](n1cccc(-c3ccccc3)c1=O)c1cc(ccc1F)Oc1cccc(C)c1-2. The van der Waals surface area contributed by atoms with Crippen LogP contribution in [0.15, 0.2) is 102 Å². The largest absolute Gasteiger partial charge is 0.481 e. The highest BCUT2D eigenvalue weighted by Crippen LogP contribution is 2.40. The van der Waals surface area contributed by atoms with Crippen LogP contribution >= 0.6 is 0 Å². The maximum atomic E-state index is 15.8. The van der Waals surface area contributed by atoms with Gasteiger partial charge in [0.25, 0.3) is 5.56 Å². The summed E-state index contributed by atoms with van der Waals surface area (Å²) in [6, 6.07) is 21.4. The van der Waals surface area contributed by atoms with Crippen LogP contribution in [0.3, 0.4) is 0 Å². The number of rotatable bonds is 4. The molecule has 2 atom stereocenters. The number of aryl methyl sites for hydroxylation is 2. The third-order valence-corrected chi connectivity index (χ3v) is 7.95. The number of hydrogen-bond donors (Lipinski definition) is 2. The molecule has 5 aromatic rings. The lowest BCUT2D eigenvalue weighted by atomic mass is 9.92. The zero-order valence-corrected chi connectivity index (χ0v) is 24.4. The first-order valence-corrected chi connectivity index (χ1v) is 14.3. The Morgan fingerprint density at radius 3 is 2.40 bits per heavy atom. The molecule has 0 unspecified atom stereocenters. The second-order valence-corrected chi connectivity index (χ2v) is 11.0. The van der Waals surface area contributed by atoms with E-state index in [9.17, 15) is 19.5 Å². The van der Waals surface area contributed by atoms with E-state index in [0.29, 0.717) is 22.4 Å². The van der Waals surface area contributed by atoms with E-state index in [1.165, 1.54) is 24.4 Å². The lowest BCUT2D eigenvalue weighted by molar-refractivity contribution is -0.137. The Morgan fingerprint density at radius 2 is 1.64 bits per heavy atom. The summed E-state index contributed by atoms with van der Waals surface area (Å²) < 4.78 is 38.9. The van der Waals surface area contributed by atoms with Gasteiger partial charge in [0, 0.05) is 28.5 Å². The fourth-order valence-corrected chi connectivity index (χ4v) is 5.84. The first kappa shape index (κ1) is 29.5. The average Bonchev–Trinajstić information content (AvgIpc) is 3.01. The second-order valence-electron chi connectivity index (χ2n) is 11.0. The van der Waals surface area contributed by atoms with Gasteiger partial charge in [-0.25, -0.2) is 8.78 Å². The van der Waals surface area contributed by atoms with E-state index in [-0.39, 0.29) is 28.0 Å². The number of halogens is 2. The summed E-state index contributed by atoms with van der Waals surface area (Å²) in [6.45, 7) is 3.40. The molecule has 6 rings (SSSR count). The van der Waals surface area contributed by atoms with Crippen molar-refractivity contribution in [2.45, 2.75) is 32.4 Å². The predicted octanol–water partition coefficient (Wildman–Crippen LogP) is 7.10. The molecule has 0 spiro atoms. The second kappa shape index (κ2) is 11.8. The monoisotopic (exact) mass is 606 g/mol. The zero-order valence-electron chi connectivity index (χ0n) is 24.4. The van der Waals surface area contributed by atoms with Crippen LogP contribution in [0.4, 0.5) is 8.78 Å². The minimum absolute atomic E-state index is 0.0643. The minimum Gasteiger partial charge on any atom is -0.481 e. The Kier molecular flexibility index (Phi) is 7.76. The zero-order chi connectivity index (χ0) is 31.8. The molecule has 45 heavy (non-hydrogen) atoms. The highest BCUT2D eigenvalue weighted by atomic mass is 19.1. The molecule has 2 heterocycles. The number of benzene rings is 4. The molecule has 1 aliphatic heterocycles. The molecule has 1 aliphatic rings. The molecule has 1 amide bonds. The van der Waals surface area contributed by atoms with Gasteiger partial charge in [-0.2, -0.15) is 0 Å². The number of fused-ring (bicyclic) bond motifs is 6. The summed E-state index contributed by atoms with van der Waals surface area (Å²) in [5.41, 5.74) is 2.20. The van der Waals surface area contributed by atoms with E-state index in [1.54, 1.807) is 67.6 Å². The molecular formula is C36H28F2N2O5. The van der Waals surface area contributed by atoms with Crippen LogP contribution in [0.2, 0.25) is 0 Å². The molecular weight excluding hydrogens is 578 g/mol. The minimum atomic E-state index is -1.61. The van der Waals surface area contributed by atoms with Crippen molar-refractivity contribution in [3.63, 3.8) is 0 Å². The maximum Gasteiger partial charge on any atom is 0.305 e. The maximum absolute atomic E-state index is 15.8. The normalized spacial score (nSPS) is 15.9. The van der Waals surface area contributed by atoms with Crippen molar-refractivity contribution in [1.82, 2.24) is 9.88 Å². The molecule has 7 nitrogen and oxygen atoms in total. The molecule has 0 saturated heterocycles. The van der Waals surface area contributed by atoms with E-state index < -0.39 is 47.6 Å². The number of nitrogens with zero attached hydrogens (tertiary/aromatic N) is 1. The Balaban J connectivity index is 1.63. The van der Waals surface area contributed by atoms with Crippen molar-refractivity contribution < 1.29 is 28.2 Å². The van der Waals surface area contributed by atoms with E-state index in [1.807, 2.05) is 13.0 Å². The van der Waals surface area contributed by atoms with Crippen molar-refractivity contribution >= 4 is 11.9 Å². The molecule has 2 N–H and O–H groups in total. The van der Waals surface area contributed by atoms with Crippen LogP contribution < -0.4 is 15.6 Å². The lowest BCUT2D eigenvalue weighted by Crippen LogP contribution is -2.41. The lowest BCUT2D eigenvalue weighted by Gasteiger charge is -2.25.